The molecule has 5 heteroatoms. The SMILES string of the molecule is Cc1cc(C(=O)N2C[C@H]3C[C@@H](N4CCCC4)[C@H](O)C[C@H]3C2)ccc1Cl. The fraction of sp³-hybridized carbons (Fsp3) is 0.650. The molecule has 2 aliphatic heterocycles. The number of aliphatic hydroxyl groups excluding tert-OH is 1. The van der Waals surface area contributed by atoms with E-state index in [1.54, 1.807) is 6.07 Å². The highest BCUT2D eigenvalue weighted by Gasteiger charge is 2.44. The summed E-state index contributed by atoms with van der Waals surface area (Å²) in [6.07, 6.45) is 4.10. The Labute approximate surface area is 154 Å². The summed E-state index contributed by atoms with van der Waals surface area (Å²) in [4.78, 5) is 17.3. The lowest BCUT2D eigenvalue weighted by Crippen LogP contribution is -2.48. The van der Waals surface area contributed by atoms with Crippen molar-refractivity contribution in [1.82, 2.24) is 9.80 Å². The molecule has 25 heavy (non-hydrogen) atoms. The van der Waals surface area contributed by atoms with Gasteiger partial charge in [0.05, 0.1) is 6.10 Å². The lowest BCUT2D eigenvalue weighted by Gasteiger charge is -2.40. The maximum atomic E-state index is 12.9. The van der Waals surface area contributed by atoms with E-state index in [1.165, 1.54) is 12.8 Å². The molecule has 2 saturated heterocycles. The number of aliphatic hydroxyl groups is 1. The third kappa shape index (κ3) is 3.32. The van der Waals surface area contributed by atoms with Gasteiger partial charge < -0.3 is 10.0 Å². The standard InChI is InChI=1S/C20H27ClN2O2/c1-13-8-14(4-5-17(13)21)20(25)23-11-15-9-18(22-6-2-3-7-22)19(24)10-16(15)12-23/h4-5,8,15-16,18-19,24H,2-3,6-7,9-12H2,1H3/t15-,16+,18-,19-/m1/s1. The second-order valence-corrected chi connectivity index (χ2v) is 8.45. The summed E-state index contributed by atoms with van der Waals surface area (Å²) >= 11 is 6.08. The third-order valence-electron chi connectivity index (χ3n) is 6.41. The predicted octanol–water partition coefficient (Wildman–Crippen LogP) is 2.96. The number of benzene rings is 1. The van der Waals surface area contributed by atoms with Crippen molar-refractivity contribution in [3.8, 4) is 0 Å². The Morgan fingerprint density at radius 3 is 2.52 bits per heavy atom. The number of fused-ring (bicyclic) bond motifs is 1. The van der Waals surface area contributed by atoms with Gasteiger partial charge in [0.15, 0.2) is 0 Å². The predicted molar refractivity (Wildman–Crippen MR) is 98.9 cm³/mol. The molecule has 1 aliphatic carbocycles. The third-order valence-corrected chi connectivity index (χ3v) is 6.83. The van der Waals surface area contributed by atoms with Crippen LogP contribution >= 0.6 is 11.6 Å². The molecule has 0 unspecified atom stereocenters. The number of hydrogen-bond donors (Lipinski definition) is 1. The van der Waals surface area contributed by atoms with Crippen LogP contribution in [-0.4, -0.2) is 59.1 Å². The number of carbonyl (C=O) groups excluding carboxylic acids is 1. The number of rotatable bonds is 2. The van der Waals surface area contributed by atoms with Gasteiger partial charge in [-0.1, -0.05) is 11.6 Å². The summed E-state index contributed by atoms with van der Waals surface area (Å²) in [5.41, 5.74) is 1.66. The zero-order chi connectivity index (χ0) is 17.6. The van der Waals surface area contributed by atoms with Crippen LogP contribution in [0.25, 0.3) is 0 Å². The van der Waals surface area contributed by atoms with Crippen molar-refractivity contribution in [2.75, 3.05) is 26.2 Å². The molecule has 4 nitrogen and oxygen atoms in total. The number of carbonyl (C=O) groups is 1. The highest BCUT2D eigenvalue weighted by Crippen LogP contribution is 2.39. The maximum Gasteiger partial charge on any atom is 0.253 e. The summed E-state index contributed by atoms with van der Waals surface area (Å²) in [5.74, 6) is 1.05. The molecule has 3 fully saturated rings. The topological polar surface area (TPSA) is 43.8 Å². The van der Waals surface area contributed by atoms with E-state index in [4.69, 9.17) is 11.6 Å². The van der Waals surface area contributed by atoms with E-state index in [2.05, 4.69) is 4.90 Å². The van der Waals surface area contributed by atoms with Crippen LogP contribution in [-0.2, 0) is 0 Å². The molecule has 0 bridgehead atoms. The minimum absolute atomic E-state index is 0.0985. The zero-order valence-electron chi connectivity index (χ0n) is 14.8. The summed E-state index contributed by atoms with van der Waals surface area (Å²) in [7, 11) is 0. The second kappa shape index (κ2) is 6.90. The fourth-order valence-corrected chi connectivity index (χ4v) is 5.12. The summed E-state index contributed by atoms with van der Waals surface area (Å²) in [5, 5.41) is 11.3. The molecule has 1 amide bonds. The lowest BCUT2D eigenvalue weighted by atomic mass is 9.77. The van der Waals surface area contributed by atoms with Crippen molar-refractivity contribution in [3.05, 3.63) is 34.3 Å². The molecular formula is C20H27ClN2O2. The molecule has 1 aromatic carbocycles. The number of amides is 1. The lowest BCUT2D eigenvalue weighted by molar-refractivity contribution is -0.000864. The van der Waals surface area contributed by atoms with E-state index in [1.807, 2.05) is 24.0 Å². The quantitative estimate of drug-likeness (QED) is 0.879. The van der Waals surface area contributed by atoms with Crippen LogP contribution in [0.2, 0.25) is 5.02 Å². The van der Waals surface area contributed by atoms with Gasteiger partial charge in [0.1, 0.15) is 0 Å². The van der Waals surface area contributed by atoms with E-state index in [9.17, 15) is 9.90 Å². The van der Waals surface area contributed by atoms with Gasteiger partial charge in [0.25, 0.3) is 5.91 Å². The molecule has 3 aliphatic rings. The molecule has 1 aromatic rings. The minimum atomic E-state index is -0.243. The first kappa shape index (κ1) is 17.3. The average molecular weight is 363 g/mol. The zero-order valence-corrected chi connectivity index (χ0v) is 15.6. The summed E-state index contributed by atoms with van der Waals surface area (Å²) in [6, 6.07) is 5.80. The Bertz CT molecular complexity index is 659. The van der Waals surface area contributed by atoms with Crippen molar-refractivity contribution in [3.63, 3.8) is 0 Å². The van der Waals surface area contributed by atoms with Crippen LogP contribution < -0.4 is 0 Å². The van der Waals surface area contributed by atoms with Gasteiger partial charge in [-0.05, 0) is 81.3 Å². The molecule has 2 heterocycles. The van der Waals surface area contributed by atoms with Gasteiger partial charge in [-0.3, -0.25) is 9.69 Å². The van der Waals surface area contributed by atoms with Crippen LogP contribution in [0.3, 0.4) is 0 Å². The second-order valence-electron chi connectivity index (χ2n) is 8.04. The first-order chi connectivity index (χ1) is 12.0. The number of hydrogen-bond acceptors (Lipinski definition) is 3. The number of aryl methyl sites for hydroxylation is 1. The Balaban J connectivity index is 1.45. The molecular weight excluding hydrogens is 336 g/mol. The van der Waals surface area contributed by atoms with E-state index in [0.717, 1.165) is 50.1 Å². The van der Waals surface area contributed by atoms with Crippen molar-refractivity contribution in [1.29, 1.82) is 0 Å². The number of nitrogens with zero attached hydrogens (tertiary/aromatic N) is 2. The summed E-state index contributed by atoms with van der Waals surface area (Å²) < 4.78 is 0. The van der Waals surface area contributed by atoms with Gasteiger partial charge in [-0.25, -0.2) is 0 Å². The van der Waals surface area contributed by atoms with Crippen LogP contribution in [0.5, 0.6) is 0 Å². The van der Waals surface area contributed by atoms with Crippen molar-refractivity contribution >= 4 is 17.5 Å². The van der Waals surface area contributed by atoms with Crippen LogP contribution in [0.1, 0.15) is 41.6 Å². The van der Waals surface area contributed by atoms with Crippen molar-refractivity contribution in [2.45, 2.75) is 44.8 Å². The Morgan fingerprint density at radius 1 is 1.16 bits per heavy atom. The van der Waals surface area contributed by atoms with Gasteiger partial charge in [0.2, 0.25) is 0 Å². The highest BCUT2D eigenvalue weighted by atomic mass is 35.5. The van der Waals surface area contributed by atoms with E-state index in [0.29, 0.717) is 16.9 Å². The molecule has 136 valence electrons. The van der Waals surface area contributed by atoms with E-state index < -0.39 is 0 Å². The Hall–Kier alpha value is -1.10. The summed E-state index contributed by atoms with van der Waals surface area (Å²) in [6.45, 7) is 5.76. The molecule has 0 aromatic heterocycles. The smallest absolute Gasteiger partial charge is 0.253 e. The Morgan fingerprint density at radius 2 is 1.84 bits per heavy atom. The monoisotopic (exact) mass is 362 g/mol. The number of halogens is 1. The normalized spacial score (nSPS) is 32.8. The van der Waals surface area contributed by atoms with E-state index in [-0.39, 0.29) is 18.1 Å². The molecule has 0 radical (unpaired) electrons. The van der Waals surface area contributed by atoms with Gasteiger partial charge in [-0.15, -0.1) is 0 Å². The van der Waals surface area contributed by atoms with E-state index >= 15 is 0 Å². The fourth-order valence-electron chi connectivity index (χ4n) is 5.00. The van der Waals surface area contributed by atoms with Crippen LogP contribution in [0.15, 0.2) is 18.2 Å². The van der Waals surface area contributed by atoms with Gasteiger partial charge in [0, 0.05) is 29.7 Å². The maximum absolute atomic E-state index is 12.9. The van der Waals surface area contributed by atoms with Crippen molar-refractivity contribution < 1.29 is 9.90 Å². The van der Waals surface area contributed by atoms with Gasteiger partial charge >= 0.3 is 0 Å². The largest absolute Gasteiger partial charge is 0.391 e. The van der Waals surface area contributed by atoms with Crippen LogP contribution in [0.4, 0.5) is 0 Å². The highest BCUT2D eigenvalue weighted by molar-refractivity contribution is 6.31. The van der Waals surface area contributed by atoms with Crippen LogP contribution in [0, 0.1) is 18.8 Å². The first-order valence-electron chi connectivity index (χ1n) is 9.50. The number of likely N-dealkylation sites (tertiary alicyclic amines) is 2. The minimum Gasteiger partial charge on any atom is -0.391 e. The Kier molecular flexibility index (Phi) is 4.78. The van der Waals surface area contributed by atoms with Gasteiger partial charge in [-0.2, -0.15) is 0 Å². The average Bonchev–Trinajstić information content (AvgIpc) is 3.25. The molecule has 1 N–H and O–H groups in total. The molecule has 0 spiro atoms. The molecule has 1 saturated carbocycles. The van der Waals surface area contributed by atoms with Crippen molar-refractivity contribution in [2.24, 2.45) is 11.8 Å². The first-order valence-corrected chi connectivity index (χ1v) is 9.88. The molecule has 4 atom stereocenters. The molecule has 4 rings (SSSR count).